The van der Waals surface area contributed by atoms with Crippen LogP contribution in [0.25, 0.3) is 0 Å². The van der Waals surface area contributed by atoms with Crippen molar-refractivity contribution in [1.29, 1.82) is 0 Å². The van der Waals surface area contributed by atoms with Crippen molar-refractivity contribution in [3.63, 3.8) is 0 Å². The van der Waals surface area contributed by atoms with Crippen LogP contribution < -0.4 is 27.8 Å². The third-order valence-electron chi connectivity index (χ3n) is 8.88. The van der Waals surface area contributed by atoms with Crippen molar-refractivity contribution in [3.05, 3.63) is 33.1 Å². The zero-order chi connectivity index (χ0) is 44.1. The maximum atomic E-state index is 13.9. The predicted octanol–water partition coefficient (Wildman–Crippen LogP) is -1.65. The van der Waals surface area contributed by atoms with Crippen LogP contribution in [-0.2, 0) is 33.3 Å². The van der Waals surface area contributed by atoms with Crippen LogP contribution in [0.15, 0.2) is 21.9 Å². The van der Waals surface area contributed by atoms with Crippen LogP contribution in [0.2, 0.25) is 1.41 Å². The monoisotopic (exact) mass is 855 g/mol. The molecule has 6 saturated heterocycles. The molecule has 58 heavy (non-hydrogen) atoms. The van der Waals surface area contributed by atoms with Crippen LogP contribution in [0.1, 0.15) is 39.3 Å². The number of aromatic amines is 1. The van der Waals surface area contributed by atoms with Gasteiger partial charge in [-0.15, -0.1) is 4.48 Å². The summed E-state index contributed by atoms with van der Waals surface area (Å²) in [4.78, 5) is 71.8. The Labute approximate surface area is 325 Å². The molecule has 13 unspecified atom stereocenters. The second-order valence-corrected chi connectivity index (χ2v) is 12.6. The summed E-state index contributed by atoms with van der Waals surface area (Å²) in [5.41, 5.74) is -1.17. The summed E-state index contributed by atoms with van der Waals surface area (Å²) < 4.78 is 109. The molecule has 1 aromatic heterocycles. The summed E-state index contributed by atoms with van der Waals surface area (Å²) in [6.07, 6.45) is -15.4. The highest BCUT2D eigenvalue weighted by atomic mass is 19.2. The number of hydrogen-bond donors (Lipinski definition) is 7. The Hall–Kier alpha value is -4.22. The van der Waals surface area contributed by atoms with Crippen LogP contribution >= 0.6 is 0 Å². The van der Waals surface area contributed by atoms with Crippen molar-refractivity contribution in [1.82, 2.24) is 30.0 Å². The van der Waals surface area contributed by atoms with Gasteiger partial charge in [-0.05, 0) is 13.8 Å². The van der Waals surface area contributed by atoms with E-state index >= 15 is 0 Å². The third kappa shape index (κ3) is 11.3. The van der Waals surface area contributed by atoms with Crippen molar-refractivity contribution in [2.24, 2.45) is 5.95 Å². The molecule has 0 spiro atoms. The first-order valence-electron chi connectivity index (χ1n) is 18.1. The van der Waals surface area contributed by atoms with E-state index in [2.05, 4.69) is 4.98 Å². The van der Waals surface area contributed by atoms with E-state index < -0.39 is 129 Å². The molecule has 6 aliphatic rings. The molecule has 13 atom stereocenters. The molecule has 7 heterocycles. The Morgan fingerprint density at radius 3 is 1.84 bits per heavy atom. The number of urea groups is 2. The molecule has 0 aromatic carbocycles. The summed E-state index contributed by atoms with van der Waals surface area (Å²) in [6, 6.07) is -0.559. The highest BCUT2D eigenvalue weighted by molar-refractivity contribution is 6.00. The molecule has 0 aliphatic carbocycles. The highest BCUT2D eigenvalue weighted by Crippen LogP contribution is 2.34. The predicted molar refractivity (Wildman–Crippen MR) is 179 cm³/mol. The lowest BCUT2D eigenvalue weighted by molar-refractivity contribution is -0.170. The smallest absolute Gasteiger partial charge is 0.330 e. The molecule has 2 bridgehead atoms. The van der Waals surface area contributed by atoms with E-state index in [4.69, 9.17) is 40.4 Å². The number of rotatable bonds is 6. The Morgan fingerprint density at radius 2 is 1.31 bits per heavy atom. The molecule has 6 aliphatic heterocycles. The molecule has 27 heteroatoms. The number of nitrogens with two attached hydrogens (primary N) is 1. The number of ether oxygens (including phenoxy) is 5. The highest BCUT2D eigenvalue weighted by Gasteiger charge is 2.53. The van der Waals surface area contributed by atoms with Gasteiger partial charge in [-0.3, -0.25) is 44.4 Å². The fourth-order valence-corrected chi connectivity index (χ4v) is 6.24. The number of alkyl halides is 5. The maximum absolute atomic E-state index is 13.9. The van der Waals surface area contributed by atoms with Gasteiger partial charge in [0.1, 0.15) is 55.5 Å². The van der Waals surface area contributed by atoms with E-state index in [9.17, 15) is 55.2 Å². The van der Waals surface area contributed by atoms with Crippen molar-refractivity contribution in [2.75, 3.05) is 33.0 Å². The average molecular weight is 856 g/mol. The Balaban J connectivity index is 0.000000222. The number of hydrogen-bond acceptors (Lipinski definition) is 15. The number of carbonyl (C=O) groups excluding carboxylic acids is 4. The minimum atomic E-state index is -2.08. The van der Waals surface area contributed by atoms with Crippen molar-refractivity contribution >= 4 is 23.9 Å². The standard InChI is InChI=1S/C11H16F2N2O5.C9H10F2N2O4.C9H11FN2O4.C2H6O.FH2N/c1-2-19-10-8(13)9(17)14-11(18)15(10)7-3-5(12)6(4-16)20-7;10-3-1-5-13-8(16-2-4(3)17-5)6(11)7(14)12-9(13)15;10-5-3-8(16-6(5)4-13)12-2-1-7(14)11-9(12)15;1-2-3;1-2/h5-8,10,16H,2-4H2,1H3,(H,14,17,18);3-6,8H,1-2H2,(H,12,14,15);1-2,5-6,8,13H,3-4H2,(H,11,14,15);3H,2H2,1H3;2H2/i;;;;2T. The second kappa shape index (κ2) is 22.2. The van der Waals surface area contributed by atoms with E-state index in [1.165, 1.54) is 6.20 Å². The van der Waals surface area contributed by atoms with E-state index in [1.807, 2.05) is 10.6 Å². The second-order valence-electron chi connectivity index (χ2n) is 12.6. The number of fused-ring (bicyclic) bond motifs is 4. The van der Waals surface area contributed by atoms with E-state index in [1.54, 1.807) is 13.8 Å². The first-order valence-corrected chi connectivity index (χ1v) is 17.6. The SMILES string of the molecule is CCO.CCOC1C(F)C(=O)NC(=O)N1C1CC(F)C(CO)O1.O=C1NC(=O)N2C3CC(F)C(COC2C1F)O3.O=c1ccn(C2CC(F)C(CO)O2)c(=O)[nH]1.[3H]NF. The van der Waals surface area contributed by atoms with Gasteiger partial charge in [0, 0.05) is 44.7 Å². The van der Waals surface area contributed by atoms with Gasteiger partial charge in [0.05, 0.1) is 19.8 Å². The molecular formula is C31H45F6N7O14. The lowest BCUT2D eigenvalue weighted by Gasteiger charge is -2.39. The number of carbonyl (C=O) groups is 4. The van der Waals surface area contributed by atoms with Gasteiger partial charge in [0.2, 0.25) is 12.3 Å². The number of aliphatic hydroxyl groups excluding tert-OH is 3. The van der Waals surface area contributed by atoms with Gasteiger partial charge in [0.15, 0.2) is 13.9 Å². The number of imide groups is 2. The molecule has 0 radical (unpaired) electrons. The number of nitrogens with zero attached hydrogens (tertiary/aromatic N) is 3. The number of nitrogens with one attached hydrogen (secondary N) is 3. The van der Waals surface area contributed by atoms with E-state index in [0.717, 1.165) is 20.4 Å². The number of H-pyrrole nitrogens is 1. The third-order valence-corrected chi connectivity index (χ3v) is 8.88. The number of aromatic nitrogens is 2. The molecule has 21 nitrogen and oxygen atoms in total. The normalized spacial score (nSPS) is 35.2. The quantitative estimate of drug-likeness (QED) is 0.125. The summed E-state index contributed by atoms with van der Waals surface area (Å²) >= 11 is 0. The zero-order valence-corrected chi connectivity index (χ0v) is 30.8. The number of aliphatic hydroxyl groups is 3. The lowest BCUT2D eigenvalue weighted by Crippen LogP contribution is -2.65. The van der Waals surface area contributed by atoms with Crippen LogP contribution in [0.4, 0.5) is 36.0 Å². The van der Waals surface area contributed by atoms with Crippen LogP contribution in [0, 0.1) is 0 Å². The van der Waals surface area contributed by atoms with E-state index in [-0.39, 0.29) is 39.1 Å². The van der Waals surface area contributed by atoms with Gasteiger partial charge in [-0.25, -0.2) is 36.3 Å². The van der Waals surface area contributed by atoms with Gasteiger partial charge >= 0.3 is 17.8 Å². The largest absolute Gasteiger partial charge is 0.397 e. The van der Waals surface area contributed by atoms with Crippen molar-refractivity contribution < 1.29 is 86.0 Å². The Morgan fingerprint density at radius 1 is 0.810 bits per heavy atom. The van der Waals surface area contributed by atoms with Crippen LogP contribution in [0.3, 0.4) is 0 Å². The molecule has 8 N–H and O–H groups in total. The summed E-state index contributed by atoms with van der Waals surface area (Å²) in [7, 11) is 0. The van der Waals surface area contributed by atoms with Crippen molar-refractivity contribution in [3.8, 4) is 0 Å². The fourth-order valence-electron chi connectivity index (χ4n) is 6.24. The summed E-state index contributed by atoms with van der Waals surface area (Å²) in [6.45, 7) is 2.42. The number of amides is 6. The minimum Gasteiger partial charge on any atom is -0.397 e. The minimum absolute atomic E-state index is 0.0167. The van der Waals surface area contributed by atoms with Gasteiger partial charge in [-0.2, -0.15) is 5.95 Å². The maximum Gasteiger partial charge on any atom is 0.330 e. The molecule has 330 valence electrons. The fraction of sp³-hybridized carbons (Fsp3) is 0.742. The van der Waals surface area contributed by atoms with Gasteiger partial charge in [-0.1, -0.05) is 0 Å². The topological polar surface area (TPSA) is 287 Å². The molecular weight excluding hydrogens is 808 g/mol. The molecule has 6 amide bonds. The van der Waals surface area contributed by atoms with Crippen LogP contribution in [-0.4, -0.2) is 166 Å². The Bertz CT molecular complexity index is 1670. The summed E-state index contributed by atoms with van der Waals surface area (Å²) in [5.74, 6) is -1.64. The number of halogens is 6. The average Bonchev–Trinajstić information content (AvgIpc) is 3.82. The zero-order valence-electron chi connectivity index (χ0n) is 31.8. The van der Waals surface area contributed by atoms with Crippen LogP contribution in [0.5, 0.6) is 0 Å². The van der Waals surface area contributed by atoms with Gasteiger partial charge < -0.3 is 39.0 Å². The van der Waals surface area contributed by atoms with Crippen molar-refractivity contribution in [2.45, 2.75) is 113 Å². The molecule has 0 saturated carbocycles. The Kier molecular flexibility index (Phi) is 17.8. The first kappa shape index (κ1) is 46.5. The first-order chi connectivity index (χ1) is 28.0. The summed E-state index contributed by atoms with van der Waals surface area (Å²) in [5, 5.41) is 29.0. The molecule has 1 aromatic rings. The lowest BCUT2D eigenvalue weighted by atomic mass is 10.1. The molecule has 7 rings (SSSR count). The van der Waals surface area contributed by atoms with Gasteiger partial charge in [0.25, 0.3) is 17.4 Å². The van der Waals surface area contributed by atoms with E-state index in [0.29, 0.717) is 5.95 Å². The molecule has 6 fully saturated rings.